The molecule has 0 spiro atoms. The first-order chi connectivity index (χ1) is 16.3. The molecule has 8 heteroatoms. The van der Waals surface area contributed by atoms with Gasteiger partial charge in [-0.25, -0.2) is 4.68 Å². The van der Waals surface area contributed by atoms with Crippen molar-refractivity contribution in [3.63, 3.8) is 0 Å². The van der Waals surface area contributed by atoms with Gasteiger partial charge in [0.1, 0.15) is 0 Å². The smallest absolute Gasteiger partial charge is 0.251 e. The van der Waals surface area contributed by atoms with Crippen LogP contribution < -0.4 is 10.2 Å². The average Bonchev–Trinajstić information content (AvgIpc) is 3.40. The van der Waals surface area contributed by atoms with Crippen molar-refractivity contribution in [2.75, 3.05) is 25.0 Å². The third kappa shape index (κ3) is 4.85. The number of carbonyl (C=O) groups is 3. The van der Waals surface area contributed by atoms with Gasteiger partial charge in [-0.2, -0.15) is 5.10 Å². The third-order valence-electron chi connectivity index (χ3n) is 6.18. The molecule has 1 N–H and O–H groups in total. The van der Waals surface area contributed by atoms with Gasteiger partial charge in [-0.3, -0.25) is 14.4 Å². The van der Waals surface area contributed by atoms with Gasteiger partial charge in [0.25, 0.3) is 5.91 Å². The Balaban J connectivity index is 1.34. The second-order valence-corrected chi connectivity index (χ2v) is 8.53. The molecular weight excluding hydrogens is 430 g/mol. The number of anilines is 1. The Bertz CT molecular complexity index is 1200. The third-order valence-corrected chi connectivity index (χ3v) is 6.18. The van der Waals surface area contributed by atoms with Crippen LogP contribution in [0.2, 0.25) is 0 Å². The van der Waals surface area contributed by atoms with Crippen LogP contribution in [-0.2, 0) is 16.1 Å². The molecular formula is C26H29N5O3. The van der Waals surface area contributed by atoms with Gasteiger partial charge in [-0.15, -0.1) is 0 Å². The van der Waals surface area contributed by atoms with Crippen LogP contribution in [0.1, 0.15) is 40.2 Å². The van der Waals surface area contributed by atoms with E-state index in [4.69, 9.17) is 0 Å². The SMILES string of the molecule is Cc1nn(-c2ccccc2)c(C)c1CN(C)C(=O)CNC(=O)c1ccc(N2CCCC2=O)cc1. The van der Waals surface area contributed by atoms with E-state index in [9.17, 15) is 14.4 Å². The highest BCUT2D eigenvalue weighted by atomic mass is 16.2. The summed E-state index contributed by atoms with van der Waals surface area (Å²) in [5.74, 6) is -0.421. The number of nitrogens with one attached hydrogen (secondary N) is 1. The highest BCUT2D eigenvalue weighted by Crippen LogP contribution is 2.22. The first kappa shape index (κ1) is 23.2. The number of aromatic nitrogens is 2. The van der Waals surface area contributed by atoms with Gasteiger partial charge in [0, 0.05) is 49.1 Å². The van der Waals surface area contributed by atoms with Crippen LogP contribution in [0.4, 0.5) is 5.69 Å². The maximum atomic E-state index is 12.7. The summed E-state index contributed by atoms with van der Waals surface area (Å²) in [5, 5.41) is 7.32. The molecule has 0 bridgehead atoms. The maximum Gasteiger partial charge on any atom is 0.251 e. The highest BCUT2D eigenvalue weighted by Gasteiger charge is 2.22. The molecule has 3 aromatic rings. The van der Waals surface area contributed by atoms with Crippen LogP contribution in [0.5, 0.6) is 0 Å². The van der Waals surface area contributed by atoms with Gasteiger partial charge in [-0.1, -0.05) is 18.2 Å². The van der Waals surface area contributed by atoms with Gasteiger partial charge in [-0.05, 0) is 56.7 Å². The lowest BCUT2D eigenvalue weighted by atomic mass is 10.1. The van der Waals surface area contributed by atoms with Gasteiger partial charge in [0.05, 0.1) is 17.9 Å². The van der Waals surface area contributed by atoms with Crippen LogP contribution in [-0.4, -0.2) is 52.5 Å². The molecule has 3 amide bonds. The topological polar surface area (TPSA) is 87.5 Å². The van der Waals surface area contributed by atoms with Crippen LogP contribution in [0.15, 0.2) is 54.6 Å². The van der Waals surface area contributed by atoms with E-state index in [2.05, 4.69) is 10.4 Å². The van der Waals surface area contributed by atoms with E-state index in [0.717, 1.165) is 34.7 Å². The second kappa shape index (κ2) is 9.91. The van der Waals surface area contributed by atoms with Gasteiger partial charge in [0.2, 0.25) is 11.8 Å². The minimum atomic E-state index is -0.328. The van der Waals surface area contributed by atoms with E-state index in [1.807, 2.05) is 48.9 Å². The van der Waals surface area contributed by atoms with Gasteiger partial charge in [0.15, 0.2) is 0 Å². The average molecular weight is 460 g/mol. The lowest BCUT2D eigenvalue weighted by molar-refractivity contribution is -0.129. The van der Waals surface area contributed by atoms with Crippen LogP contribution in [0.3, 0.4) is 0 Å². The number of aryl methyl sites for hydroxylation is 1. The van der Waals surface area contributed by atoms with Gasteiger partial charge >= 0.3 is 0 Å². The lowest BCUT2D eigenvalue weighted by Gasteiger charge is -2.18. The number of carbonyl (C=O) groups excluding carboxylic acids is 3. The van der Waals surface area contributed by atoms with Crippen molar-refractivity contribution >= 4 is 23.4 Å². The molecule has 8 nitrogen and oxygen atoms in total. The fourth-order valence-corrected chi connectivity index (χ4v) is 4.16. The largest absolute Gasteiger partial charge is 0.343 e. The first-order valence-corrected chi connectivity index (χ1v) is 11.4. The minimum absolute atomic E-state index is 0.102. The van der Waals surface area contributed by atoms with E-state index >= 15 is 0 Å². The maximum absolute atomic E-state index is 12.7. The number of hydrogen-bond donors (Lipinski definition) is 1. The summed E-state index contributed by atoms with van der Waals surface area (Å²) in [6.45, 7) is 4.92. The number of benzene rings is 2. The predicted octanol–water partition coefficient (Wildman–Crippen LogP) is 3.00. The summed E-state index contributed by atoms with van der Waals surface area (Å²) < 4.78 is 1.88. The van der Waals surface area contributed by atoms with E-state index in [-0.39, 0.29) is 24.3 Å². The normalized spacial score (nSPS) is 13.3. The molecule has 4 rings (SSSR count). The number of nitrogens with zero attached hydrogens (tertiary/aromatic N) is 4. The summed E-state index contributed by atoms with van der Waals surface area (Å²) in [6.07, 6.45) is 1.41. The van der Waals surface area contributed by atoms with E-state index in [0.29, 0.717) is 25.1 Å². The first-order valence-electron chi connectivity index (χ1n) is 11.4. The second-order valence-electron chi connectivity index (χ2n) is 8.53. The molecule has 176 valence electrons. The molecule has 0 atom stereocenters. The Morgan fingerprint density at radius 1 is 1.03 bits per heavy atom. The van der Waals surface area contributed by atoms with Crippen molar-refractivity contribution < 1.29 is 14.4 Å². The Hall–Kier alpha value is -3.94. The van der Waals surface area contributed by atoms with E-state index in [1.54, 1.807) is 41.1 Å². The van der Waals surface area contributed by atoms with E-state index < -0.39 is 0 Å². The fourth-order valence-electron chi connectivity index (χ4n) is 4.16. The number of amides is 3. The van der Waals surface area contributed by atoms with Crippen molar-refractivity contribution in [3.8, 4) is 5.69 Å². The molecule has 2 heterocycles. The molecule has 34 heavy (non-hydrogen) atoms. The Morgan fingerprint density at radius 2 is 1.74 bits per heavy atom. The van der Waals surface area contributed by atoms with Crippen LogP contribution in [0, 0.1) is 13.8 Å². The van der Waals surface area contributed by atoms with Crippen LogP contribution >= 0.6 is 0 Å². The van der Waals surface area contributed by atoms with Crippen molar-refractivity contribution in [2.24, 2.45) is 0 Å². The summed E-state index contributed by atoms with van der Waals surface area (Å²) >= 11 is 0. The Labute approximate surface area is 199 Å². The summed E-state index contributed by atoms with van der Waals surface area (Å²) in [6, 6.07) is 16.7. The molecule has 1 aliphatic heterocycles. The van der Waals surface area contributed by atoms with Crippen molar-refractivity contribution in [1.82, 2.24) is 20.0 Å². The zero-order valence-corrected chi connectivity index (χ0v) is 19.7. The molecule has 2 aromatic carbocycles. The van der Waals surface area contributed by atoms with Crippen LogP contribution in [0.25, 0.3) is 5.69 Å². The molecule has 1 fully saturated rings. The van der Waals surface area contributed by atoms with Crippen molar-refractivity contribution in [1.29, 1.82) is 0 Å². The summed E-state index contributed by atoms with van der Waals surface area (Å²) in [4.78, 5) is 40.4. The number of hydrogen-bond acceptors (Lipinski definition) is 4. The summed E-state index contributed by atoms with van der Waals surface area (Å²) in [7, 11) is 1.72. The monoisotopic (exact) mass is 459 g/mol. The Kier molecular flexibility index (Phi) is 6.77. The highest BCUT2D eigenvalue weighted by molar-refractivity contribution is 5.98. The molecule has 0 saturated carbocycles. The minimum Gasteiger partial charge on any atom is -0.343 e. The quantitative estimate of drug-likeness (QED) is 0.588. The molecule has 1 saturated heterocycles. The molecule has 0 radical (unpaired) electrons. The van der Waals surface area contributed by atoms with Crippen molar-refractivity contribution in [2.45, 2.75) is 33.2 Å². The zero-order valence-electron chi connectivity index (χ0n) is 19.7. The number of para-hydroxylation sites is 1. The van der Waals surface area contributed by atoms with Gasteiger partial charge < -0.3 is 15.1 Å². The molecule has 0 unspecified atom stereocenters. The Morgan fingerprint density at radius 3 is 2.38 bits per heavy atom. The zero-order chi connectivity index (χ0) is 24.2. The molecule has 1 aliphatic rings. The van der Waals surface area contributed by atoms with Crippen molar-refractivity contribution in [3.05, 3.63) is 77.1 Å². The summed E-state index contributed by atoms with van der Waals surface area (Å²) in [5.41, 5.74) is 5.03. The fraction of sp³-hybridized carbons (Fsp3) is 0.308. The predicted molar refractivity (Wildman–Crippen MR) is 130 cm³/mol. The molecule has 0 aliphatic carbocycles. The van der Waals surface area contributed by atoms with E-state index in [1.165, 1.54) is 0 Å². The standard InChI is InChI=1S/C26H29N5O3/c1-18-23(19(2)31(28-18)22-8-5-4-6-9-22)17-29(3)25(33)16-27-26(34)20-11-13-21(14-12-20)30-15-7-10-24(30)32/h4-6,8-9,11-14H,7,10,15-17H2,1-3H3,(H,27,34). The number of likely N-dealkylation sites (N-methyl/N-ethyl adjacent to an activating group) is 1. The molecule has 1 aromatic heterocycles. The lowest BCUT2D eigenvalue weighted by Crippen LogP contribution is -2.38. The number of rotatable bonds is 7.